The summed E-state index contributed by atoms with van der Waals surface area (Å²) in [6, 6.07) is 0. The molecule has 0 aromatic rings. The zero-order valence-electron chi connectivity index (χ0n) is 25.1. The van der Waals surface area contributed by atoms with E-state index >= 15 is 0 Å². The number of piperidine rings is 1. The number of carbonyl (C=O) groups is 1. The van der Waals surface area contributed by atoms with Crippen LogP contribution in [0.2, 0.25) is 0 Å². The molecule has 0 aromatic carbocycles. The highest BCUT2D eigenvalue weighted by Gasteiger charge is 2.46. The second-order valence-electron chi connectivity index (χ2n) is 13.0. The molecule has 1 N–H and O–H groups in total. The topological polar surface area (TPSA) is 49.8 Å². The molecule has 1 aliphatic heterocycles. The Morgan fingerprint density at radius 2 is 1.06 bits per heavy atom. The smallest absolute Gasteiger partial charge is 0.303 e. The summed E-state index contributed by atoms with van der Waals surface area (Å²) in [5.41, 5.74) is 0.262. The molecular weight excluding hydrogens is 446 g/mol. The first-order valence-electron chi connectivity index (χ1n) is 15.8. The Balaban J connectivity index is 1.90. The Labute approximate surface area is 225 Å². The Morgan fingerprint density at radius 1 is 0.694 bits per heavy atom. The van der Waals surface area contributed by atoms with E-state index in [2.05, 4.69) is 39.7 Å². The first kappa shape index (κ1) is 33.4. The molecule has 0 spiro atoms. The van der Waals surface area contributed by atoms with Gasteiger partial charge < -0.3 is 5.11 Å². The van der Waals surface area contributed by atoms with E-state index in [0.717, 1.165) is 31.8 Å². The Bertz CT molecular complexity index is 528. The Kier molecular flexibility index (Phi) is 18.1. The van der Waals surface area contributed by atoms with Crippen molar-refractivity contribution in [1.82, 2.24) is 5.06 Å². The molecular formula is C32H63NO3. The fourth-order valence-corrected chi connectivity index (χ4v) is 6.57. The van der Waals surface area contributed by atoms with Crippen LogP contribution in [-0.4, -0.2) is 33.8 Å². The number of hydroxylamine groups is 2. The fourth-order valence-electron chi connectivity index (χ4n) is 6.57. The lowest BCUT2D eigenvalue weighted by Gasteiger charge is -2.54. The molecule has 1 saturated heterocycles. The number of unbranched alkanes of at least 4 members (excludes halogenated alkanes) is 16. The Morgan fingerprint density at radius 3 is 1.42 bits per heavy atom. The summed E-state index contributed by atoms with van der Waals surface area (Å²) < 4.78 is 0. The van der Waals surface area contributed by atoms with Gasteiger partial charge in [0.25, 0.3) is 0 Å². The molecule has 0 radical (unpaired) electrons. The third kappa shape index (κ3) is 15.6. The van der Waals surface area contributed by atoms with Crippen LogP contribution in [0.15, 0.2) is 0 Å². The van der Waals surface area contributed by atoms with Crippen LogP contribution in [0, 0.1) is 5.92 Å². The monoisotopic (exact) mass is 509 g/mol. The van der Waals surface area contributed by atoms with Crippen molar-refractivity contribution in [3.05, 3.63) is 0 Å². The van der Waals surface area contributed by atoms with Gasteiger partial charge in [-0.15, -0.1) is 0 Å². The number of aliphatic carboxylic acids is 1. The number of hydrogen-bond donors (Lipinski definition) is 1. The van der Waals surface area contributed by atoms with Gasteiger partial charge in [0, 0.05) is 17.5 Å². The number of nitrogens with zero attached hydrogens (tertiary/aromatic N) is 1. The molecule has 4 heteroatoms. The van der Waals surface area contributed by atoms with Crippen LogP contribution in [0.5, 0.6) is 0 Å². The number of carboxylic acids is 1. The molecule has 0 aromatic heterocycles. The lowest BCUT2D eigenvalue weighted by molar-refractivity contribution is -0.288. The van der Waals surface area contributed by atoms with Gasteiger partial charge in [-0.1, -0.05) is 116 Å². The summed E-state index contributed by atoms with van der Waals surface area (Å²) >= 11 is 0. The number of carboxylic acid groups (broad SMARTS) is 1. The second-order valence-corrected chi connectivity index (χ2v) is 13.0. The van der Waals surface area contributed by atoms with Crippen LogP contribution in [0.4, 0.5) is 0 Å². The van der Waals surface area contributed by atoms with E-state index < -0.39 is 5.97 Å². The SMILES string of the molecule is CCCON1C(C)(C)CC(CCCCCCCCCCCCCCCCCCCC(=O)O)CC1(C)C. The summed E-state index contributed by atoms with van der Waals surface area (Å²) in [6.45, 7) is 12.5. The van der Waals surface area contributed by atoms with E-state index in [-0.39, 0.29) is 11.1 Å². The van der Waals surface area contributed by atoms with Crippen molar-refractivity contribution in [2.45, 2.75) is 187 Å². The third-order valence-electron chi connectivity index (χ3n) is 8.10. The first-order valence-corrected chi connectivity index (χ1v) is 15.8. The number of rotatable bonds is 23. The van der Waals surface area contributed by atoms with E-state index in [9.17, 15) is 4.79 Å². The lowest BCUT2D eigenvalue weighted by atomic mass is 9.73. The largest absolute Gasteiger partial charge is 0.481 e. The highest BCUT2D eigenvalue weighted by molar-refractivity contribution is 5.66. The molecule has 4 nitrogen and oxygen atoms in total. The van der Waals surface area contributed by atoms with Crippen molar-refractivity contribution in [3.8, 4) is 0 Å². The summed E-state index contributed by atoms with van der Waals surface area (Å²) in [7, 11) is 0. The zero-order valence-corrected chi connectivity index (χ0v) is 25.1. The maximum absolute atomic E-state index is 10.5. The molecule has 1 heterocycles. The summed E-state index contributed by atoms with van der Waals surface area (Å²) in [5.74, 6) is 0.180. The summed E-state index contributed by atoms with van der Waals surface area (Å²) in [6.07, 6.45) is 28.0. The van der Waals surface area contributed by atoms with E-state index in [1.54, 1.807) is 0 Å². The lowest BCUT2D eigenvalue weighted by Crippen LogP contribution is -2.60. The van der Waals surface area contributed by atoms with Crippen molar-refractivity contribution in [2.24, 2.45) is 5.92 Å². The molecule has 214 valence electrons. The summed E-state index contributed by atoms with van der Waals surface area (Å²) in [5, 5.41) is 11.0. The van der Waals surface area contributed by atoms with Crippen LogP contribution in [0.1, 0.15) is 176 Å². The molecule has 0 atom stereocenters. The highest BCUT2D eigenvalue weighted by Crippen LogP contribution is 2.43. The van der Waals surface area contributed by atoms with Gasteiger partial charge >= 0.3 is 5.97 Å². The molecule has 1 aliphatic rings. The molecule has 1 fully saturated rings. The van der Waals surface area contributed by atoms with Gasteiger partial charge in [0.2, 0.25) is 0 Å². The van der Waals surface area contributed by atoms with Gasteiger partial charge in [-0.2, -0.15) is 5.06 Å². The average Bonchev–Trinajstić information content (AvgIpc) is 2.79. The van der Waals surface area contributed by atoms with Crippen LogP contribution in [-0.2, 0) is 9.63 Å². The minimum Gasteiger partial charge on any atom is -0.481 e. The molecule has 0 aliphatic carbocycles. The van der Waals surface area contributed by atoms with Crippen LogP contribution in [0.25, 0.3) is 0 Å². The van der Waals surface area contributed by atoms with Gasteiger partial charge in [-0.05, 0) is 59.3 Å². The van der Waals surface area contributed by atoms with Crippen LogP contribution in [0.3, 0.4) is 0 Å². The van der Waals surface area contributed by atoms with Crippen LogP contribution >= 0.6 is 0 Å². The summed E-state index contributed by atoms with van der Waals surface area (Å²) in [4.78, 5) is 16.7. The normalized spacial score (nSPS) is 18.0. The first-order chi connectivity index (χ1) is 17.2. The number of hydrogen-bond acceptors (Lipinski definition) is 3. The highest BCUT2D eigenvalue weighted by atomic mass is 16.7. The van der Waals surface area contributed by atoms with E-state index in [4.69, 9.17) is 9.94 Å². The van der Waals surface area contributed by atoms with Gasteiger partial charge in [-0.25, -0.2) is 0 Å². The average molecular weight is 510 g/mol. The van der Waals surface area contributed by atoms with Gasteiger partial charge in [0.15, 0.2) is 0 Å². The maximum Gasteiger partial charge on any atom is 0.303 e. The molecule has 0 saturated carbocycles. The van der Waals surface area contributed by atoms with E-state index in [0.29, 0.717) is 6.42 Å². The van der Waals surface area contributed by atoms with Crippen molar-refractivity contribution in [2.75, 3.05) is 6.61 Å². The standard InChI is InChI=1S/C32H63NO3/c1-6-26-36-33-31(2,3)27-29(28-32(33,4)5)24-22-20-18-16-14-12-10-8-7-9-11-13-15-17-19-21-23-25-30(34)35/h29H,6-28H2,1-5H3,(H,34,35). The zero-order chi connectivity index (χ0) is 26.7. The fraction of sp³-hybridized carbons (Fsp3) is 0.969. The third-order valence-corrected chi connectivity index (χ3v) is 8.10. The minimum absolute atomic E-state index is 0.131. The quantitative estimate of drug-likeness (QED) is 0.139. The predicted molar refractivity (Wildman–Crippen MR) is 154 cm³/mol. The molecule has 1 rings (SSSR count). The molecule has 0 unspecified atom stereocenters. The van der Waals surface area contributed by atoms with Crippen molar-refractivity contribution in [1.29, 1.82) is 0 Å². The predicted octanol–water partition coefficient (Wildman–Crippen LogP) is 10.1. The minimum atomic E-state index is -0.653. The van der Waals surface area contributed by atoms with Crippen LogP contribution < -0.4 is 0 Å². The molecule has 36 heavy (non-hydrogen) atoms. The maximum atomic E-state index is 10.5. The van der Waals surface area contributed by atoms with Crippen molar-refractivity contribution in [3.63, 3.8) is 0 Å². The van der Waals surface area contributed by atoms with Crippen molar-refractivity contribution < 1.29 is 14.7 Å². The molecule has 0 amide bonds. The molecule has 0 bridgehead atoms. The van der Waals surface area contributed by atoms with Gasteiger partial charge in [0.1, 0.15) is 0 Å². The van der Waals surface area contributed by atoms with Crippen molar-refractivity contribution >= 4 is 5.97 Å². The van der Waals surface area contributed by atoms with Gasteiger partial charge in [-0.3, -0.25) is 9.63 Å². The van der Waals surface area contributed by atoms with E-state index in [1.165, 1.54) is 116 Å². The Hall–Kier alpha value is -0.610. The van der Waals surface area contributed by atoms with E-state index in [1.807, 2.05) is 0 Å². The van der Waals surface area contributed by atoms with Gasteiger partial charge in [0.05, 0.1) is 6.61 Å². The second kappa shape index (κ2) is 19.5.